The fourth-order valence-corrected chi connectivity index (χ4v) is 4.66. The number of esters is 1. The van der Waals surface area contributed by atoms with Crippen molar-refractivity contribution in [3.8, 4) is 0 Å². The van der Waals surface area contributed by atoms with E-state index in [1.807, 2.05) is 37.3 Å². The van der Waals surface area contributed by atoms with Crippen LogP contribution in [0.25, 0.3) is 0 Å². The van der Waals surface area contributed by atoms with Crippen LogP contribution in [0.15, 0.2) is 65.6 Å². The molecule has 168 valence electrons. The highest BCUT2D eigenvalue weighted by Gasteiger charge is 2.28. The monoisotopic (exact) mass is 454 g/mol. The van der Waals surface area contributed by atoms with Gasteiger partial charge in [0.1, 0.15) is 6.04 Å². The number of hydrogen-bond acceptors (Lipinski definition) is 5. The summed E-state index contributed by atoms with van der Waals surface area (Å²) in [5, 5.41) is 0. The maximum Gasteiger partial charge on any atom is 0.329 e. The van der Waals surface area contributed by atoms with Crippen molar-refractivity contribution in [2.45, 2.75) is 38.1 Å². The van der Waals surface area contributed by atoms with Gasteiger partial charge in [0.2, 0.25) is 0 Å². The van der Waals surface area contributed by atoms with E-state index < -0.39 is 27.9 Å². The van der Waals surface area contributed by atoms with Crippen LogP contribution in [-0.4, -0.2) is 32.0 Å². The fraction of sp³-hybridized carbons (Fsp3) is 0.250. The molecular formula is C24H26N2O5S. The summed E-state index contributed by atoms with van der Waals surface area (Å²) in [4.78, 5) is 25.5. The second-order valence-electron chi connectivity index (χ2n) is 7.63. The van der Waals surface area contributed by atoms with Crippen molar-refractivity contribution in [3.63, 3.8) is 0 Å². The Balaban J connectivity index is 1.93. The van der Waals surface area contributed by atoms with Crippen LogP contribution in [0, 0.1) is 20.8 Å². The van der Waals surface area contributed by atoms with Crippen LogP contribution in [-0.2, 0) is 26.0 Å². The molecule has 0 radical (unpaired) electrons. The van der Waals surface area contributed by atoms with E-state index in [9.17, 15) is 18.0 Å². The normalized spacial score (nSPS) is 12.2. The van der Waals surface area contributed by atoms with Crippen molar-refractivity contribution in [2.75, 3.05) is 7.11 Å². The molecule has 1 amide bonds. The molecule has 0 aliphatic carbocycles. The van der Waals surface area contributed by atoms with Crippen LogP contribution in [0.4, 0.5) is 0 Å². The zero-order chi connectivity index (χ0) is 23.5. The lowest BCUT2D eigenvalue weighted by Gasteiger charge is -2.21. The Kier molecular flexibility index (Phi) is 6.84. The largest absolute Gasteiger partial charge is 0.467 e. The second-order valence-corrected chi connectivity index (χ2v) is 9.31. The van der Waals surface area contributed by atoms with E-state index in [0.29, 0.717) is 17.8 Å². The Bertz CT molecular complexity index is 1230. The summed E-state index contributed by atoms with van der Waals surface area (Å²) in [5.41, 5.74) is 3.15. The van der Waals surface area contributed by atoms with E-state index in [0.717, 1.165) is 11.1 Å². The van der Waals surface area contributed by atoms with E-state index in [-0.39, 0.29) is 10.5 Å². The molecule has 32 heavy (non-hydrogen) atoms. The third kappa shape index (κ3) is 4.91. The van der Waals surface area contributed by atoms with Crippen LogP contribution in [0.5, 0.6) is 0 Å². The maximum atomic E-state index is 12.9. The SMILES string of the molecule is COC(=O)[C@H](Cc1ccccc1)n1c(C)cc(C(=O)NS(=O)(=O)c2ccc(C)cc2)c1C. The average Bonchev–Trinajstić information content (AvgIpc) is 3.06. The third-order valence-electron chi connectivity index (χ3n) is 5.34. The standard InChI is InChI=1S/C24H26N2O5S/c1-16-10-12-20(13-11-16)32(29,30)25-23(27)21-14-17(2)26(18(21)3)22(24(28)31-4)15-19-8-6-5-7-9-19/h5-14,22H,15H2,1-4H3,(H,25,27)/t22-/m0/s1. The van der Waals surface area contributed by atoms with E-state index in [1.165, 1.54) is 19.2 Å². The Morgan fingerprint density at radius 3 is 2.22 bits per heavy atom. The zero-order valence-electron chi connectivity index (χ0n) is 18.5. The molecule has 0 bridgehead atoms. The fourth-order valence-electron chi connectivity index (χ4n) is 3.69. The van der Waals surface area contributed by atoms with Crippen molar-refractivity contribution < 1.29 is 22.7 Å². The van der Waals surface area contributed by atoms with E-state index >= 15 is 0 Å². The molecule has 1 atom stereocenters. The molecule has 1 aromatic heterocycles. The van der Waals surface area contributed by atoms with E-state index in [2.05, 4.69) is 4.72 Å². The van der Waals surface area contributed by atoms with Crippen molar-refractivity contribution >= 4 is 21.9 Å². The minimum absolute atomic E-state index is 0.00164. The molecule has 3 aromatic rings. The highest BCUT2D eigenvalue weighted by molar-refractivity contribution is 7.90. The van der Waals surface area contributed by atoms with Crippen LogP contribution in [0.2, 0.25) is 0 Å². The smallest absolute Gasteiger partial charge is 0.329 e. The summed E-state index contributed by atoms with van der Waals surface area (Å²) in [6.45, 7) is 5.29. The van der Waals surface area contributed by atoms with Gasteiger partial charge in [-0.05, 0) is 44.5 Å². The summed E-state index contributed by atoms with van der Waals surface area (Å²) in [6.07, 6.45) is 0.368. The van der Waals surface area contributed by atoms with Gasteiger partial charge in [-0.15, -0.1) is 0 Å². The minimum atomic E-state index is -4.03. The molecule has 0 spiro atoms. The lowest BCUT2D eigenvalue weighted by Crippen LogP contribution is -2.31. The van der Waals surface area contributed by atoms with Crippen molar-refractivity contribution in [1.29, 1.82) is 0 Å². The number of carbonyl (C=O) groups excluding carboxylic acids is 2. The first kappa shape index (κ1) is 23.3. The molecule has 3 rings (SSSR count). The molecule has 0 aliphatic rings. The molecular weight excluding hydrogens is 428 g/mol. The number of aryl methyl sites for hydroxylation is 2. The van der Waals surface area contributed by atoms with Crippen molar-refractivity contribution in [3.05, 3.63) is 88.7 Å². The van der Waals surface area contributed by atoms with Gasteiger partial charge in [-0.25, -0.2) is 17.9 Å². The quantitative estimate of drug-likeness (QED) is 0.552. The van der Waals surface area contributed by atoms with Gasteiger partial charge < -0.3 is 9.30 Å². The summed E-state index contributed by atoms with van der Waals surface area (Å²) >= 11 is 0. The van der Waals surface area contributed by atoms with Gasteiger partial charge in [-0.3, -0.25) is 4.79 Å². The summed E-state index contributed by atoms with van der Waals surface area (Å²) in [5.74, 6) is -1.21. The van der Waals surface area contributed by atoms with Gasteiger partial charge in [-0.1, -0.05) is 48.0 Å². The summed E-state index contributed by atoms with van der Waals surface area (Å²) in [7, 11) is -2.72. The molecule has 0 saturated carbocycles. The van der Waals surface area contributed by atoms with Crippen molar-refractivity contribution in [1.82, 2.24) is 9.29 Å². The summed E-state index contributed by atoms with van der Waals surface area (Å²) < 4.78 is 34.1. The molecule has 1 heterocycles. The van der Waals surface area contributed by atoms with Crippen LogP contribution >= 0.6 is 0 Å². The Morgan fingerprint density at radius 1 is 1.00 bits per heavy atom. The first-order valence-electron chi connectivity index (χ1n) is 10.1. The summed E-state index contributed by atoms with van der Waals surface area (Å²) in [6, 6.07) is 16.6. The first-order chi connectivity index (χ1) is 15.1. The van der Waals surface area contributed by atoms with Crippen molar-refractivity contribution in [2.24, 2.45) is 0 Å². The number of nitrogens with zero attached hydrogens (tertiary/aromatic N) is 1. The van der Waals surface area contributed by atoms with Crippen LogP contribution < -0.4 is 4.72 Å². The lowest BCUT2D eigenvalue weighted by atomic mass is 10.1. The molecule has 0 fully saturated rings. The molecule has 8 heteroatoms. The molecule has 7 nitrogen and oxygen atoms in total. The van der Waals surface area contributed by atoms with E-state index in [1.54, 1.807) is 36.6 Å². The zero-order valence-corrected chi connectivity index (χ0v) is 19.3. The highest BCUT2D eigenvalue weighted by atomic mass is 32.2. The Hall–Kier alpha value is -3.39. The minimum Gasteiger partial charge on any atom is -0.467 e. The van der Waals surface area contributed by atoms with Gasteiger partial charge in [0, 0.05) is 17.8 Å². The number of benzene rings is 2. The number of sulfonamides is 1. The number of hydrogen-bond donors (Lipinski definition) is 1. The average molecular weight is 455 g/mol. The molecule has 2 aromatic carbocycles. The Morgan fingerprint density at radius 2 is 1.62 bits per heavy atom. The number of ether oxygens (including phenoxy) is 1. The van der Waals surface area contributed by atoms with Gasteiger partial charge in [0.05, 0.1) is 17.6 Å². The van der Waals surface area contributed by atoms with Crippen LogP contribution in [0.3, 0.4) is 0 Å². The predicted octanol–water partition coefficient (Wildman–Crippen LogP) is 3.49. The topological polar surface area (TPSA) is 94.5 Å². The highest BCUT2D eigenvalue weighted by Crippen LogP contribution is 2.25. The third-order valence-corrected chi connectivity index (χ3v) is 6.69. The molecule has 0 saturated heterocycles. The molecule has 1 N–H and O–H groups in total. The lowest BCUT2D eigenvalue weighted by molar-refractivity contribution is -0.144. The number of aromatic nitrogens is 1. The number of methoxy groups -OCH3 is 1. The number of nitrogens with one attached hydrogen (secondary N) is 1. The number of amides is 1. The number of rotatable bonds is 7. The molecule has 0 unspecified atom stereocenters. The van der Waals surface area contributed by atoms with Crippen LogP contribution in [0.1, 0.15) is 38.9 Å². The van der Waals surface area contributed by atoms with E-state index in [4.69, 9.17) is 4.74 Å². The Labute approximate surface area is 188 Å². The van der Waals surface area contributed by atoms with Gasteiger partial charge >= 0.3 is 5.97 Å². The van der Waals surface area contributed by atoms with Gasteiger partial charge in [0.25, 0.3) is 15.9 Å². The van der Waals surface area contributed by atoms with Gasteiger partial charge in [0.15, 0.2) is 0 Å². The number of carbonyl (C=O) groups is 2. The molecule has 0 aliphatic heterocycles. The predicted molar refractivity (Wildman–Crippen MR) is 121 cm³/mol. The maximum absolute atomic E-state index is 12.9. The first-order valence-corrected chi connectivity index (χ1v) is 11.6. The van der Waals surface area contributed by atoms with Gasteiger partial charge in [-0.2, -0.15) is 0 Å². The second kappa shape index (κ2) is 9.40.